The molecule has 0 saturated carbocycles. The lowest BCUT2D eigenvalue weighted by Crippen LogP contribution is -2.31. The van der Waals surface area contributed by atoms with E-state index in [4.69, 9.17) is 15.6 Å². The highest BCUT2D eigenvalue weighted by molar-refractivity contribution is 6.04. The smallest absolute Gasteiger partial charge is 0.119 e. The molecule has 0 saturated heterocycles. The molecule has 3 heteroatoms. The predicted molar refractivity (Wildman–Crippen MR) is 95.6 cm³/mol. The van der Waals surface area contributed by atoms with Crippen molar-refractivity contribution < 1.29 is 4.74 Å². The minimum atomic E-state index is -0.607. The average molecular weight is 304 g/mol. The molecule has 23 heavy (non-hydrogen) atoms. The first kappa shape index (κ1) is 16.6. The molecule has 2 rings (SSSR count). The molecule has 0 bridgehead atoms. The van der Waals surface area contributed by atoms with Crippen molar-refractivity contribution in [3.63, 3.8) is 0 Å². The summed E-state index contributed by atoms with van der Waals surface area (Å²) < 4.78 is 5.90. The number of rotatable bonds is 8. The molecule has 2 N–H and O–H groups in total. The van der Waals surface area contributed by atoms with E-state index in [2.05, 4.69) is 13.2 Å². The molecule has 0 aromatic heterocycles. The Bertz CT molecular complexity index is 631. The topological polar surface area (TPSA) is 56.9 Å². The first-order chi connectivity index (χ1) is 11.2. The van der Waals surface area contributed by atoms with Gasteiger partial charge in [-0.1, -0.05) is 72.8 Å². The van der Waals surface area contributed by atoms with Gasteiger partial charge in [-0.25, -0.2) is 0 Å². The lowest BCUT2D eigenvalue weighted by molar-refractivity contribution is 0.119. The number of nitrogens with one attached hydrogen (secondary N) is 2. The Morgan fingerprint density at radius 1 is 0.739 bits per heavy atom. The standard InChI is InChI=1S/C20H20N2O/c1-3-17(19(21)15-11-7-5-8-12-15)23-18(4-2)20(22)16-13-9-6-10-14-16/h3-14,17-18,21-22H,1-2H2. The maximum atomic E-state index is 8.30. The van der Waals surface area contributed by atoms with Crippen molar-refractivity contribution in [3.05, 3.63) is 97.1 Å². The Kier molecular flexibility index (Phi) is 5.78. The van der Waals surface area contributed by atoms with Gasteiger partial charge in [-0.05, 0) is 11.1 Å². The summed E-state index contributed by atoms with van der Waals surface area (Å²) in [5, 5.41) is 16.6. The van der Waals surface area contributed by atoms with Crippen LogP contribution in [0.25, 0.3) is 0 Å². The fourth-order valence-electron chi connectivity index (χ4n) is 2.20. The van der Waals surface area contributed by atoms with Crippen LogP contribution in [0, 0.1) is 10.8 Å². The van der Waals surface area contributed by atoms with Crippen LogP contribution < -0.4 is 0 Å². The Morgan fingerprint density at radius 2 is 1.09 bits per heavy atom. The van der Waals surface area contributed by atoms with Gasteiger partial charge in [0.1, 0.15) is 12.2 Å². The van der Waals surface area contributed by atoms with Gasteiger partial charge in [0.2, 0.25) is 0 Å². The van der Waals surface area contributed by atoms with Gasteiger partial charge in [0.05, 0.1) is 11.4 Å². The van der Waals surface area contributed by atoms with E-state index in [1.54, 1.807) is 12.2 Å². The number of ether oxygens (including phenoxy) is 1. The van der Waals surface area contributed by atoms with Gasteiger partial charge in [-0.3, -0.25) is 0 Å². The normalized spacial score (nSPS) is 12.9. The molecule has 0 aliphatic rings. The summed E-state index contributed by atoms with van der Waals surface area (Å²) in [4.78, 5) is 0. The van der Waals surface area contributed by atoms with E-state index in [0.29, 0.717) is 11.4 Å². The van der Waals surface area contributed by atoms with Crippen LogP contribution in [0.2, 0.25) is 0 Å². The molecule has 2 atom stereocenters. The van der Waals surface area contributed by atoms with Crippen LogP contribution in [0.5, 0.6) is 0 Å². The molecular formula is C20H20N2O. The van der Waals surface area contributed by atoms with Gasteiger partial charge in [0.25, 0.3) is 0 Å². The molecule has 0 amide bonds. The Hall–Kier alpha value is -2.78. The largest absolute Gasteiger partial charge is 0.354 e. The second kappa shape index (κ2) is 8.01. The third-order valence-corrected chi connectivity index (χ3v) is 3.46. The Labute approximate surface area is 137 Å². The van der Waals surface area contributed by atoms with Crippen LogP contribution in [0.1, 0.15) is 11.1 Å². The fraction of sp³-hybridized carbons (Fsp3) is 0.100. The molecule has 2 aromatic rings. The summed E-state index contributed by atoms with van der Waals surface area (Å²) in [5.74, 6) is 0. The van der Waals surface area contributed by atoms with E-state index in [1.807, 2.05) is 60.7 Å². The number of hydrogen-bond donors (Lipinski definition) is 2. The van der Waals surface area contributed by atoms with E-state index < -0.39 is 12.2 Å². The average Bonchev–Trinajstić information content (AvgIpc) is 2.63. The summed E-state index contributed by atoms with van der Waals surface area (Å²) >= 11 is 0. The third-order valence-electron chi connectivity index (χ3n) is 3.46. The molecule has 3 nitrogen and oxygen atoms in total. The minimum absolute atomic E-state index is 0.313. The molecule has 0 radical (unpaired) electrons. The summed E-state index contributed by atoms with van der Waals surface area (Å²) in [6, 6.07) is 18.7. The highest BCUT2D eigenvalue weighted by Gasteiger charge is 2.21. The van der Waals surface area contributed by atoms with Crippen molar-refractivity contribution in [2.24, 2.45) is 0 Å². The van der Waals surface area contributed by atoms with Crippen LogP contribution in [-0.2, 0) is 4.74 Å². The van der Waals surface area contributed by atoms with Crippen LogP contribution in [0.4, 0.5) is 0 Å². The highest BCUT2D eigenvalue weighted by Crippen LogP contribution is 2.13. The molecule has 0 fully saturated rings. The van der Waals surface area contributed by atoms with Gasteiger partial charge in [-0.15, -0.1) is 13.2 Å². The second-order valence-electron chi connectivity index (χ2n) is 5.01. The monoisotopic (exact) mass is 304 g/mol. The number of benzene rings is 2. The van der Waals surface area contributed by atoms with Crippen LogP contribution in [0.15, 0.2) is 86.0 Å². The first-order valence-corrected chi connectivity index (χ1v) is 7.35. The van der Waals surface area contributed by atoms with Gasteiger partial charge < -0.3 is 15.6 Å². The predicted octanol–water partition coefficient (Wildman–Crippen LogP) is 4.25. The van der Waals surface area contributed by atoms with Crippen molar-refractivity contribution in [2.75, 3.05) is 0 Å². The summed E-state index contributed by atoms with van der Waals surface area (Å²) in [6.45, 7) is 7.51. The molecule has 0 aliphatic heterocycles. The summed E-state index contributed by atoms with van der Waals surface area (Å²) in [5.41, 5.74) is 2.17. The Balaban J connectivity index is 2.16. The van der Waals surface area contributed by atoms with Gasteiger partial charge >= 0.3 is 0 Å². The van der Waals surface area contributed by atoms with Gasteiger partial charge in [0, 0.05) is 0 Å². The van der Waals surface area contributed by atoms with Crippen molar-refractivity contribution in [3.8, 4) is 0 Å². The minimum Gasteiger partial charge on any atom is -0.354 e. The first-order valence-electron chi connectivity index (χ1n) is 7.35. The van der Waals surface area contributed by atoms with E-state index >= 15 is 0 Å². The molecule has 2 unspecified atom stereocenters. The van der Waals surface area contributed by atoms with E-state index in [0.717, 1.165) is 11.1 Å². The van der Waals surface area contributed by atoms with Gasteiger partial charge in [0.15, 0.2) is 0 Å². The summed E-state index contributed by atoms with van der Waals surface area (Å²) in [6.07, 6.45) is 1.93. The Morgan fingerprint density at radius 3 is 1.39 bits per heavy atom. The summed E-state index contributed by atoms with van der Waals surface area (Å²) in [7, 11) is 0. The van der Waals surface area contributed by atoms with Crippen LogP contribution in [0.3, 0.4) is 0 Å². The highest BCUT2D eigenvalue weighted by atomic mass is 16.5. The van der Waals surface area contributed by atoms with Gasteiger partial charge in [-0.2, -0.15) is 0 Å². The lowest BCUT2D eigenvalue weighted by atomic mass is 10.0. The fourth-order valence-corrected chi connectivity index (χ4v) is 2.20. The van der Waals surface area contributed by atoms with Crippen molar-refractivity contribution in [1.29, 1.82) is 10.8 Å². The van der Waals surface area contributed by atoms with E-state index in [9.17, 15) is 0 Å². The molecule has 2 aromatic carbocycles. The van der Waals surface area contributed by atoms with E-state index in [1.165, 1.54) is 0 Å². The zero-order chi connectivity index (χ0) is 16.7. The van der Waals surface area contributed by atoms with Crippen LogP contribution in [-0.4, -0.2) is 23.6 Å². The molecule has 0 aliphatic carbocycles. The molecule has 116 valence electrons. The zero-order valence-electron chi connectivity index (χ0n) is 12.9. The van der Waals surface area contributed by atoms with Crippen LogP contribution >= 0.6 is 0 Å². The maximum absolute atomic E-state index is 8.30. The zero-order valence-corrected chi connectivity index (χ0v) is 12.9. The number of hydrogen-bond acceptors (Lipinski definition) is 3. The van der Waals surface area contributed by atoms with Crippen molar-refractivity contribution >= 4 is 11.4 Å². The maximum Gasteiger partial charge on any atom is 0.119 e. The third kappa shape index (κ3) is 4.11. The molecule has 0 spiro atoms. The van der Waals surface area contributed by atoms with Crippen molar-refractivity contribution in [2.45, 2.75) is 12.2 Å². The van der Waals surface area contributed by atoms with E-state index in [-0.39, 0.29) is 0 Å². The molecule has 0 heterocycles. The molecular weight excluding hydrogens is 284 g/mol. The quantitative estimate of drug-likeness (QED) is 0.556. The lowest BCUT2D eigenvalue weighted by Gasteiger charge is -2.22. The second-order valence-corrected chi connectivity index (χ2v) is 5.01. The SMILES string of the molecule is C=CC(OC(C=C)C(=N)c1ccccc1)C(=N)c1ccccc1. The van der Waals surface area contributed by atoms with Crippen molar-refractivity contribution in [1.82, 2.24) is 0 Å².